The highest BCUT2D eigenvalue weighted by molar-refractivity contribution is 5.98. The molecule has 5 aromatic rings. The number of carbonyl (C=O) groups is 1. The van der Waals surface area contributed by atoms with Crippen molar-refractivity contribution < 1.29 is 4.79 Å². The van der Waals surface area contributed by atoms with E-state index in [2.05, 4.69) is 65.2 Å². The summed E-state index contributed by atoms with van der Waals surface area (Å²) in [4.78, 5) is 18.9. The molecule has 2 N–H and O–H groups in total. The van der Waals surface area contributed by atoms with Crippen molar-refractivity contribution in [1.82, 2.24) is 9.55 Å². The highest BCUT2D eigenvalue weighted by atomic mass is 16.1. The number of imidazole rings is 1. The number of amides is 1. The molecule has 0 bridgehead atoms. The first-order valence-corrected chi connectivity index (χ1v) is 12.5. The van der Waals surface area contributed by atoms with Crippen LogP contribution >= 0.6 is 0 Å². The normalized spacial score (nSPS) is 16.0. The Morgan fingerprint density at radius 3 is 2.34 bits per heavy atom. The van der Waals surface area contributed by atoms with Gasteiger partial charge >= 0.3 is 0 Å². The van der Waals surface area contributed by atoms with Crippen LogP contribution in [-0.4, -0.2) is 15.5 Å². The molecule has 1 saturated carbocycles. The number of aromatic nitrogens is 2. The van der Waals surface area contributed by atoms with E-state index in [9.17, 15) is 4.79 Å². The molecule has 1 atom stereocenters. The Bertz CT molecular complexity index is 1510. The van der Waals surface area contributed by atoms with Gasteiger partial charge in [0.1, 0.15) is 11.4 Å². The third-order valence-corrected chi connectivity index (χ3v) is 7.76. The lowest BCUT2D eigenvalue weighted by molar-refractivity contribution is -0.129. The fourth-order valence-corrected chi connectivity index (χ4v) is 6.15. The first kappa shape index (κ1) is 21.6. The standard InChI is InChI=1S/C31H29N3O/c32-30(35)31(24-15-5-6-16-24,21-22-11-2-1-3-12-22)34-28-20-9-8-19-27(28)33-29(34)26-18-10-14-23-13-4-7-17-25(23)26/h1-4,7-14,17-20,24H,5-6,15-16,21H2,(H2,32,35). The Morgan fingerprint density at radius 1 is 0.857 bits per heavy atom. The molecule has 1 aliphatic rings. The number of nitrogens with zero attached hydrogens (tertiary/aromatic N) is 2. The van der Waals surface area contributed by atoms with Crippen LogP contribution in [-0.2, 0) is 16.8 Å². The van der Waals surface area contributed by atoms with Crippen LogP contribution in [0.3, 0.4) is 0 Å². The second-order valence-electron chi connectivity index (χ2n) is 9.72. The molecule has 4 aromatic carbocycles. The molecule has 6 rings (SSSR count). The van der Waals surface area contributed by atoms with Gasteiger partial charge in [0.2, 0.25) is 5.91 Å². The zero-order chi connectivity index (χ0) is 23.8. The molecule has 4 heteroatoms. The van der Waals surface area contributed by atoms with E-state index < -0.39 is 5.54 Å². The van der Waals surface area contributed by atoms with Crippen molar-refractivity contribution in [2.24, 2.45) is 11.7 Å². The van der Waals surface area contributed by atoms with Crippen LogP contribution in [0, 0.1) is 5.92 Å². The molecule has 1 heterocycles. The SMILES string of the molecule is NC(=O)C(Cc1ccccc1)(C1CCCC1)n1c(-c2cccc3ccccc23)nc2ccccc21. The van der Waals surface area contributed by atoms with Gasteiger partial charge < -0.3 is 10.3 Å². The van der Waals surface area contributed by atoms with E-state index in [1.54, 1.807) is 0 Å². The predicted octanol–water partition coefficient (Wildman–Crippen LogP) is 6.47. The summed E-state index contributed by atoms with van der Waals surface area (Å²) in [5.41, 5.74) is 9.51. The Morgan fingerprint density at radius 2 is 1.54 bits per heavy atom. The smallest absolute Gasteiger partial charge is 0.244 e. The van der Waals surface area contributed by atoms with Crippen molar-refractivity contribution in [2.45, 2.75) is 37.6 Å². The Hall–Kier alpha value is -3.92. The van der Waals surface area contributed by atoms with Crippen LogP contribution in [0.1, 0.15) is 31.2 Å². The fraction of sp³-hybridized carbons (Fsp3) is 0.226. The van der Waals surface area contributed by atoms with E-state index in [0.29, 0.717) is 6.42 Å². The Labute approximate surface area is 205 Å². The van der Waals surface area contributed by atoms with Gasteiger partial charge in [-0.3, -0.25) is 4.79 Å². The predicted molar refractivity (Wildman–Crippen MR) is 142 cm³/mol. The van der Waals surface area contributed by atoms with E-state index in [0.717, 1.165) is 64.4 Å². The molecule has 0 saturated heterocycles. The minimum Gasteiger partial charge on any atom is -0.368 e. The van der Waals surface area contributed by atoms with Crippen molar-refractivity contribution in [3.63, 3.8) is 0 Å². The lowest BCUT2D eigenvalue weighted by atomic mass is 9.76. The monoisotopic (exact) mass is 459 g/mol. The Kier molecular flexibility index (Phi) is 5.37. The van der Waals surface area contributed by atoms with Crippen molar-refractivity contribution >= 4 is 27.7 Å². The summed E-state index contributed by atoms with van der Waals surface area (Å²) in [6, 6.07) is 33.1. The van der Waals surface area contributed by atoms with Gasteiger partial charge in [-0.2, -0.15) is 0 Å². The number of rotatable bonds is 6. The number of fused-ring (bicyclic) bond motifs is 2. The average molecular weight is 460 g/mol. The first-order valence-electron chi connectivity index (χ1n) is 12.5. The molecule has 174 valence electrons. The number of hydrogen-bond donors (Lipinski definition) is 1. The molecule has 0 aliphatic heterocycles. The second-order valence-corrected chi connectivity index (χ2v) is 9.72. The average Bonchev–Trinajstić information content (AvgIpc) is 3.56. The largest absolute Gasteiger partial charge is 0.368 e. The van der Waals surface area contributed by atoms with Crippen LogP contribution in [0.15, 0.2) is 97.1 Å². The number of nitrogens with two attached hydrogens (primary N) is 1. The summed E-state index contributed by atoms with van der Waals surface area (Å²) in [6.07, 6.45) is 4.75. The second kappa shape index (κ2) is 8.70. The molecular weight excluding hydrogens is 430 g/mol. The summed E-state index contributed by atoms with van der Waals surface area (Å²) < 4.78 is 2.20. The van der Waals surface area contributed by atoms with Crippen LogP contribution in [0.2, 0.25) is 0 Å². The van der Waals surface area contributed by atoms with Crippen LogP contribution in [0.25, 0.3) is 33.2 Å². The number of hydrogen-bond acceptors (Lipinski definition) is 2. The van der Waals surface area contributed by atoms with Gasteiger partial charge in [-0.25, -0.2) is 4.98 Å². The number of para-hydroxylation sites is 2. The van der Waals surface area contributed by atoms with E-state index in [-0.39, 0.29) is 11.8 Å². The summed E-state index contributed by atoms with van der Waals surface area (Å²) >= 11 is 0. The lowest BCUT2D eigenvalue weighted by Gasteiger charge is -2.39. The van der Waals surface area contributed by atoms with E-state index >= 15 is 0 Å². The molecule has 0 radical (unpaired) electrons. The van der Waals surface area contributed by atoms with Crippen LogP contribution in [0.5, 0.6) is 0 Å². The molecule has 1 amide bonds. The van der Waals surface area contributed by atoms with Crippen LogP contribution < -0.4 is 5.73 Å². The first-order chi connectivity index (χ1) is 17.2. The van der Waals surface area contributed by atoms with Gasteiger partial charge in [-0.05, 0) is 47.2 Å². The molecule has 4 nitrogen and oxygen atoms in total. The maximum absolute atomic E-state index is 13.8. The number of carbonyl (C=O) groups excluding carboxylic acids is 1. The topological polar surface area (TPSA) is 60.9 Å². The highest BCUT2D eigenvalue weighted by Gasteiger charge is 2.49. The third kappa shape index (κ3) is 3.52. The quantitative estimate of drug-likeness (QED) is 0.316. The number of benzene rings is 4. The fourth-order valence-electron chi connectivity index (χ4n) is 6.15. The van der Waals surface area contributed by atoms with Gasteiger partial charge in [0.15, 0.2) is 0 Å². The summed E-state index contributed by atoms with van der Waals surface area (Å²) in [5, 5.41) is 2.27. The van der Waals surface area contributed by atoms with E-state index in [1.807, 2.05) is 36.4 Å². The number of primary amides is 1. The highest BCUT2D eigenvalue weighted by Crippen LogP contribution is 2.45. The van der Waals surface area contributed by atoms with Crippen LogP contribution in [0.4, 0.5) is 0 Å². The van der Waals surface area contributed by atoms with Gasteiger partial charge in [0, 0.05) is 12.0 Å². The van der Waals surface area contributed by atoms with E-state index in [1.165, 1.54) is 0 Å². The molecule has 1 aliphatic carbocycles. The summed E-state index contributed by atoms with van der Waals surface area (Å²) in [5.74, 6) is 0.675. The Balaban J connectivity index is 1.71. The lowest BCUT2D eigenvalue weighted by Crippen LogP contribution is -2.53. The summed E-state index contributed by atoms with van der Waals surface area (Å²) in [6.45, 7) is 0. The van der Waals surface area contributed by atoms with Crippen molar-refractivity contribution in [3.8, 4) is 11.4 Å². The minimum atomic E-state index is -0.916. The molecule has 1 unspecified atom stereocenters. The van der Waals surface area contributed by atoms with Crippen molar-refractivity contribution in [1.29, 1.82) is 0 Å². The van der Waals surface area contributed by atoms with Gasteiger partial charge in [-0.15, -0.1) is 0 Å². The molecule has 0 spiro atoms. The van der Waals surface area contributed by atoms with E-state index in [4.69, 9.17) is 10.7 Å². The molecular formula is C31H29N3O. The maximum atomic E-state index is 13.8. The molecule has 1 fully saturated rings. The van der Waals surface area contributed by atoms with Gasteiger partial charge in [0.05, 0.1) is 11.0 Å². The zero-order valence-corrected chi connectivity index (χ0v) is 19.7. The minimum absolute atomic E-state index is 0.145. The maximum Gasteiger partial charge on any atom is 0.244 e. The van der Waals surface area contributed by atoms with Crippen molar-refractivity contribution in [3.05, 3.63) is 103 Å². The van der Waals surface area contributed by atoms with Crippen molar-refractivity contribution in [2.75, 3.05) is 0 Å². The molecule has 35 heavy (non-hydrogen) atoms. The van der Waals surface area contributed by atoms with Gasteiger partial charge in [0.25, 0.3) is 0 Å². The zero-order valence-electron chi connectivity index (χ0n) is 19.7. The summed E-state index contributed by atoms with van der Waals surface area (Å²) in [7, 11) is 0. The third-order valence-electron chi connectivity index (χ3n) is 7.76. The van der Waals surface area contributed by atoms with Gasteiger partial charge in [-0.1, -0.05) is 97.8 Å². The molecule has 1 aromatic heterocycles.